The van der Waals surface area contributed by atoms with E-state index in [0.717, 1.165) is 5.39 Å². The van der Waals surface area contributed by atoms with Crippen LogP contribution in [0.15, 0.2) is 75.0 Å². The molecular formula is C28H19Cl2N3O4. The summed E-state index contributed by atoms with van der Waals surface area (Å²) in [5.74, 6) is 3.75. The first kappa shape index (κ1) is 24.4. The molecule has 0 aliphatic heterocycles. The lowest BCUT2D eigenvalue weighted by molar-refractivity contribution is 0.299. The van der Waals surface area contributed by atoms with Crippen LogP contribution in [0, 0.1) is 12.3 Å². The third-order valence-electron chi connectivity index (χ3n) is 5.41. The van der Waals surface area contributed by atoms with Gasteiger partial charge in [-0.15, -0.1) is 6.42 Å². The van der Waals surface area contributed by atoms with Gasteiger partial charge >= 0.3 is 0 Å². The van der Waals surface area contributed by atoms with Crippen molar-refractivity contribution in [3.05, 3.63) is 86.6 Å². The van der Waals surface area contributed by atoms with Gasteiger partial charge in [0.1, 0.15) is 12.2 Å². The summed E-state index contributed by atoms with van der Waals surface area (Å²) in [6, 6.07) is 17.4. The Kier molecular flexibility index (Phi) is 6.87. The normalized spacial score (nSPS) is 11.3. The summed E-state index contributed by atoms with van der Waals surface area (Å²) < 4.78 is 18.4. The van der Waals surface area contributed by atoms with Crippen LogP contribution in [0.2, 0.25) is 10.0 Å². The van der Waals surface area contributed by atoms with E-state index in [9.17, 15) is 4.79 Å². The monoisotopic (exact) mass is 531 g/mol. The van der Waals surface area contributed by atoms with Gasteiger partial charge in [-0.2, -0.15) is 9.78 Å². The molecule has 0 atom stereocenters. The van der Waals surface area contributed by atoms with Crippen molar-refractivity contribution in [2.45, 2.75) is 6.92 Å². The molecule has 9 heteroatoms. The van der Waals surface area contributed by atoms with E-state index in [4.69, 9.17) is 43.5 Å². The molecule has 0 aliphatic rings. The highest BCUT2D eigenvalue weighted by molar-refractivity contribution is 6.32. The number of ether oxygens (including phenoxy) is 2. The van der Waals surface area contributed by atoms with Gasteiger partial charge in [-0.3, -0.25) is 4.79 Å². The maximum Gasteiger partial charge on any atom is 0.282 e. The summed E-state index contributed by atoms with van der Waals surface area (Å²) in [7, 11) is 0. The van der Waals surface area contributed by atoms with Crippen molar-refractivity contribution >= 4 is 51.3 Å². The fourth-order valence-corrected chi connectivity index (χ4v) is 4.27. The van der Waals surface area contributed by atoms with Crippen molar-refractivity contribution in [2.75, 3.05) is 13.2 Å². The van der Waals surface area contributed by atoms with Gasteiger partial charge in [-0.1, -0.05) is 41.3 Å². The summed E-state index contributed by atoms with van der Waals surface area (Å²) in [5, 5.41) is 6.51. The Morgan fingerprint density at radius 3 is 2.78 bits per heavy atom. The number of hydrogen-bond acceptors (Lipinski definition) is 6. The maximum absolute atomic E-state index is 13.5. The number of terminal acetylenes is 1. The quantitative estimate of drug-likeness (QED) is 0.179. The Balaban J connectivity index is 1.65. The molecule has 0 fully saturated rings. The van der Waals surface area contributed by atoms with Crippen molar-refractivity contribution in [1.29, 1.82) is 0 Å². The molecule has 37 heavy (non-hydrogen) atoms. The van der Waals surface area contributed by atoms with Crippen LogP contribution in [-0.2, 0) is 0 Å². The zero-order valence-corrected chi connectivity index (χ0v) is 21.1. The van der Waals surface area contributed by atoms with Crippen molar-refractivity contribution in [2.24, 2.45) is 5.10 Å². The average molecular weight is 532 g/mol. The molecule has 0 amide bonds. The van der Waals surface area contributed by atoms with E-state index in [1.165, 1.54) is 10.9 Å². The highest BCUT2D eigenvalue weighted by atomic mass is 35.5. The Morgan fingerprint density at radius 1 is 1.14 bits per heavy atom. The minimum Gasteiger partial charge on any atom is -0.490 e. The Hall–Kier alpha value is -4.25. The molecule has 0 spiro atoms. The lowest BCUT2D eigenvalue weighted by Crippen LogP contribution is -2.20. The number of para-hydroxylation sites is 1. The number of nitrogens with zero attached hydrogens (tertiary/aromatic N) is 3. The number of benzene rings is 3. The van der Waals surface area contributed by atoms with Gasteiger partial charge in [-0.05, 0) is 61.0 Å². The first-order valence-corrected chi connectivity index (χ1v) is 12.0. The van der Waals surface area contributed by atoms with Gasteiger partial charge in [0.25, 0.3) is 5.56 Å². The molecule has 0 radical (unpaired) electrons. The van der Waals surface area contributed by atoms with Crippen LogP contribution < -0.4 is 15.0 Å². The van der Waals surface area contributed by atoms with Crippen molar-refractivity contribution in [3.8, 4) is 35.4 Å². The van der Waals surface area contributed by atoms with E-state index >= 15 is 0 Å². The molecule has 2 heterocycles. The standard InChI is InChI=1S/C28H19Cl2N3O4/c1-3-11-36-26-21(30)12-17(13-24(26)35-4-2)16-31-33-27(32-22-8-6-5-7-20(22)28(33)34)25-15-18-14-19(29)9-10-23(18)37-25/h1,5-10,12-16H,4,11H2,2H3. The predicted molar refractivity (Wildman–Crippen MR) is 146 cm³/mol. The van der Waals surface area contributed by atoms with E-state index in [1.54, 1.807) is 54.6 Å². The van der Waals surface area contributed by atoms with E-state index in [2.05, 4.69) is 16.0 Å². The summed E-state index contributed by atoms with van der Waals surface area (Å²) >= 11 is 12.6. The minimum atomic E-state index is -0.361. The van der Waals surface area contributed by atoms with E-state index in [-0.39, 0.29) is 18.0 Å². The van der Waals surface area contributed by atoms with Crippen molar-refractivity contribution in [1.82, 2.24) is 9.66 Å². The molecule has 0 saturated heterocycles. The summed E-state index contributed by atoms with van der Waals surface area (Å²) in [5.41, 5.74) is 1.33. The van der Waals surface area contributed by atoms with Crippen LogP contribution in [0.25, 0.3) is 33.5 Å². The molecule has 5 rings (SSSR count). The second-order valence-electron chi connectivity index (χ2n) is 7.86. The van der Waals surface area contributed by atoms with Crippen molar-refractivity contribution in [3.63, 3.8) is 0 Å². The lowest BCUT2D eigenvalue weighted by atomic mass is 10.2. The van der Waals surface area contributed by atoms with Crippen LogP contribution in [0.1, 0.15) is 12.5 Å². The SMILES string of the molecule is C#CCOc1c(Cl)cc(C=Nn2c(-c3cc4cc(Cl)ccc4o3)nc3ccccc3c2=O)cc1OCC. The fourth-order valence-electron chi connectivity index (χ4n) is 3.82. The molecule has 5 aromatic rings. The van der Waals surface area contributed by atoms with E-state index < -0.39 is 0 Å². The topological polar surface area (TPSA) is 78.9 Å². The van der Waals surface area contributed by atoms with Crippen LogP contribution in [0.4, 0.5) is 0 Å². The van der Waals surface area contributed by atoms with Gasteiger partial charge < -0.3 is 13.9 Å². The molecule has 0 aliphatic carbocycles. The van der Waals surface area contributed by atoms with E-state index in [0.29, 0.717) is 56.0 Å². The molecule has 0 unspecified atom stereocenters. The van der Waals surface area contributed by atoms with Crippen LogP contribution in [-0.4, -0.2) is 29.1 Å². The van der Waals surface area contributed by atoms with Crippen LogP contribution in [0.5, 0.6) is 11.5 Å². The maximum atomic E-state index is 13.5. The van der Waals surface area contributed by atoms with Crippen molar-refractivity contribution < 1.29 is 13.9 Å². The van der Waals surface area contributed by atoms with Gasteiger partial charge in [-0.25, -0.2) is 4.98 Å². The first-order chi connectivity index (χ1) is 18.0. The second kappa shape index (κ2) is 10.4. The van der Waals surface area contributed by atoms with Gasteiger partial charge in [0, 0.05) is 10.4 Å². The zero-order chi connectivity index (χ0) is 25.9. The largest absolute Gasteiger partial charge is 0.490 e. The Morgan fingerprint density at radius 2 is 1.97 bits per heavy atom. The number of furan rings is 1. The minimum absolute atomic E-state index is 0.0391. The number of hydrogen-bond donors (Lipinski definition) is 0. The van der Waals surface area contributed by atoms with Gasteiger partial charge in [0.2, 0.25) is 5.82 Å². The van der Waals surface area contributed by atoms with Gasteiger partial charge in [0.05, 0.1) is 28.7 Å². The highest BCUT2D eigenvalue weighted by Crippen LogP contribution is 2.36. The second-order valence-corrected chi connectivity index (χ2v) is 8.71. The average Bonchev–Trinajstić information content (AvgIpc) is 3.31. The number of aromatic nitrogens is 2. The molecule has 0 saturated carbocycles. The van der Waals surface area contributed by atoms with Crippen LogP contribution >= 0.6 is 23.2 Å². The fraction of sp³-hybridized carbons (Fsp3) is 0.107. The number of rotatable bonds is 7. The zero-order valence-electron chi connectivity index (χ0n) is 19.6. The van der Waals surface area contributed by atoms with Gasteiger partial charge in [0.15, 0.2) is 17.3 Å². The lowest BCUT2D eigenvalue weighted by Gasteiger charge is -2.13. The molecule has 0 bridgehead atoms. The molecule has 184 valence electrons. The molecule has 2 aromatic heterocycles. The third kappa shape index (κ3) is 4.90. The molecule has 3 aromatic carbocycles. The van der Waals surface area contributed by atoms with Crippen LogP contribution in [0.3, 0.4) is 0 Å². The molecule has 7 nitrogen and oxygen atoms in total. The Labute approximate surface area is 221 Å². The number of halogens is 2. The summed E-state index contributed by atoms with van der Waals surface area (Å²) in [6.45, 7) is 2.27. The molecular weight excluding hydrogens is 513 g/mol. The van der Waals surface area contributed by atoms with E-state index in [1.807, 2.05) is 13.0 Å². The highest BCUT2D eigenvalue weighted by Gasteiger charge is 2.17. The summed E-state index contributed by atoms with van der Waals surface area (Å²) in [6.07, 6.45) is 6.79. The molecule has 0 N–H and O–H groups in total. The third-order valence-corrected chi connectivity index (χ3v) is 5.92. The Bertz CT molecular complexity index is 1770. The number of fused-ring (bicyclic) bond motifs is 2. The smallest absolute Gasteiger partial charge is 0.282 e. The first-order valence-electron chi connectivity index (χ1n) is 11.3. The predicted octanol–water partition coefficient (Wildman–Crippen LogP) is 6.41. The summed E-state index contributed by atoms with van der Waals surface area (Å²) in [4.78, 5) is 18.2.